The van der Waals surface area contributed by atoms with Crippen LogP contribution in [0.25, 0.3) is 0 Å². The second-order valence-corrected chi connectivity index (χ2v) is 14.4. The Bertz CT molecular complexity index is 914. The molecule has 0 saturated heterocycles. The van der Waals surface area contributed by atoms with Crippen LogP contribution in [0.4, 0.5) is 0 Å². The van der Waals surface area contributed by atoms with E-state index in [2.05, 4.69) is 40.7 Å². The van der Waals surface area contributed by atoms with Gasteiger partial charge in [0.2, 0.25) is 0 Å². The average molecular weight is 489 g/mol. The first-order valence-corrected chi connectivity index (χ1v) is 14.2. The van der Waals surface area contributed by atoms with Gasteiger partial charge >= 0.3 is 5.97 Å². The Labute approximate surface area is 211 Å². The van der Waals surface area contributed by atoms with Crippen LogP contribution in [0, 0.1) is 63.1 Å². The van der Waals surface area contributed by atoms with Crippen molar-refractivity contribution in [2.45, 2.75) is 98.7 Å². The van der Waals surface area contributed by atoms with Gasteiger partial charge in [0.05, 0.1) is 24.7 Å². The molecule has 0 aromatic heterocycles. The molecular formula is C30H48O5. The molecule has 5 heteroatoms. The molecule has 0 radical (unpaired) electrons. The van der Waals surface area contributed by atoms with E-state index in [0.29, 0.717) is 30.6 Å². The van der Waals surface area contributed by atoms with Crippen molar-refractivity contribution in [2.24, 2.45) is 63.1 Å². The minimum Gasteiger partial charge on any atom is -0.481 e. The molecule has 35 heavy (non-hydrogen) atoms. The average Bonchev–Trinajstić information content (AvgIpc) is 2.79. The van der Waals surface area contributed by atoms with Crippen molar-refractivity contribution >= 4 is 5.97 Å². The summed E-state index contributed by atoms with van der Waals surface area (Å²) >= 11 is 0. The third kappa shape index (κ3) is 3.13. The maximum Gasteiger partial charge on any atom is 0.306 e. The summed E-state index contributed by atoms with van der Waals surface area (Å²) in [6.07, 6.45) is 6.91. The van der Waals surface area contributed by atoms with E-state index >= 15 is 0 Å². The molecule has 13 atom stereocenters. The van der Waals surface area contributed by atoms with Gasteiger partial charge in [0.15, 0.2) is 0 Å². The van der Waals surface area contributed by atoms with Crippen LogP contribution in [0.15, 0.2) is 11.6 Å². The summed E-state index contributed by atoms with van der Waals surface area (Å²) in [5, 5.41) is 42.8. The van der Waals surface area contributed by atoms with Gasteiger partial charge in [-0.25, -0.2) is 0 Å². The second-order valence-electron chi connectivity index (χ2n) is 14.4. The molecule has 4 saturated carbocycles. The second kappa shape index (κ2) is 8.04. The fraction of sp³-hybridized carbons (Fsp3) is 0.900. The Hall–Kier alpha value is -0.910. The van der Waals surface area contributed by atoms with E-state index in [0.717, 1.165) is 32.1 Å². The molecule has 0 aliphatic heterocycles. The van der Waals surface area contributed by atoms with E-state index in [1.165, 1.54) is 5.57 Å². The molecule has 4 unspecified atom stereocenters. The smallest absolute Gasteiger partial charge is 0.306 e. The number of hydrogen-bond acceptors (Lipinski definition) is 4. The quantitative estimate of drug-likeness (QED) is 0.415. The van der Waals surface area contributed by atoms with Gasteiger partial charge in [0, 0.05) is 5.41 Å². The van der Waals surface area contributed by atoms with Gasteiger partial charge in [-0.05, 0) is 90.3 Å². The number of aliphatic carboxylic acids is 1. The van der Waals surface area contributed by atoms with Gasteiger partial charge in [-0.15, -0.1) is 0 Å². The van der Waals surface area contributed by atoms with Crippen molar-refractivity contribution in [3.8, 4) is 0 Å². The van der Waals surface area contributed by atoms with Crippen molar-refractivity contribution in [3.63, 3.8) is 0 Å². The molecule has 0 spiro atoms. The lowest BCUT2D eigenvalue weighted by Gasteiger charge is -2.71. The molecule has 198 valence electrons. The summed E-state index contributed by atoms with van der Waals surface area (Å²) in [5.74, 6) is 1.12. The molecule has 5 aliphatic carbocycles. The summed E-state index contributed by atoms with van der Waals surface area (Å²) in [4.78, 5) is 12.7. The third-order valence-electron chi connectivity index (χ3n) is 13.3. The van der Waals surface area contributed by atoms with Crippen LogP contribution in [0.2, 0.25) is 0 Å². The number of aliphatic hydroxyl groups is 3. The maximum absolute atomic E-state index is 12.7. The van der Waals surface area contributed by atoms with Gasteiger partial charge < -0.3 is 20.4 Å². The number of rotatable bonds is 2. The van der Waals surface area contributed by atoms with Crippen LogP contribution >= 0.6 is 0 Å². The minimum atomic E-state index is -0.920. The third-order valence-corrected chi connectivity index (χ3v) is 13.3. The van der Waals surface area contributed by atoms with E-state index < -0.39 is 23.6 Å². The minimum absolute atomic E-state index is 0.0835. The maximum atomic E-state index is 12.7. The van der Waals surface area contributed by atoms with Crippen molar-refractivity contribution in [1.82, 2.24) is 0 Å². The number of carbonyl (C=O) groups is 1. The Morgan fingerprint density at radius 1 is 1.03 bits per heavy atom. The Kier molecular flexibility index (Phi) is 5.91. The lowest BCUT2D eigenvalue weighted by atomic mass is 9.33. The number of carboxylic acids is 1. The number of fused-ring (bicyclic) bond motifs is 7. The molecule has 4 fully saturated rings. The normalized spacial score (nSPS) is 57.7. The molecule has 0 amide bonds. The highest BCUT2D eigenvalue weighted by Crippen LogP contribution is 2.75. The zero-order chi connectivity index (χ0) is 25.7. The van der Waals surface area contributed by atoms with Gasteiger partial charge in [-0.1, -0.05) is 59.6 Å². The number of allylic oxidation sites excluding steroid dienone is 2. The van der Waals surface area contributed by atoms with Gasteiger partial charge in [-0.2, -0.15) is 0 Å². The van der Waals surface area contributed by atoms with E-state index in [1.54, 1.807) is 0 Å². The molecule has 5 nitrogen and oxygen atoms in total. The highest BCUT2D eigenvalue weighted by atomic mass is 16.4. The zero-order valence-electron chi connectivity index (χ0n) is 22.6. The standard InChI is InChI=1S/C30H48O5/c1-16-7-8-18-19(26(34)35)13-30(6)20(24(18)17(16)2)9-10-23-27(3)14-21(32)25(33)28(4,15-31)22(27)11-12-29(23,30)5/h9,16-19,21-25,31-33H,7-8,10-15H2,1-6H3,(H,34,35)/t16-,17+,18?,19+,21-,22?,23?,24?,25+,27-,28+,29-,30-/m1/s1. The lowest BCUT2D eigenvalue weighted by molar-refractivity contribution is -0.244. The molecule has 5 aliphatic rings. The molecule has 4 N–H and O–H groups in total. The van der Waals surface area contributed by atoms with Crippen molar-refractivity contribution < 1.29 is 25.2 Å². The largest absolute Gasteiger partial charge is 0.481 e. The van der Waals surface area contributed by atoms with Gasteiger partial charge in [0.1, 0.15) is 0 Å². The van der Waals surface area contributed by atoms with Crippen molar-refractivity contribution in [2.75, 3.05) is 6.61 Å². The van der Waals surface area contributed by atoms with E-state index in [4.69, 9.17) is 0 Å². The summed E-state index contributed by atoms with van der Waals surface area (Å²) in [6, 6.07) is 0. The monoisotopic (exact) mass is 488 g/mol. The number of hydrogen-bond donors (Lipinski definition) is 4. The number of carboxylic acid groups (broad SMARTS) is 1. The topological polar surface area (TPSA) is 98.0 Å². The van der Waals surface area contributed by atoms with Crippen molar-refractivity contribution in [1.29, 1.82) is 0 Å². The fourth-order valence-electron chi connectivity index (χ4n) is 11.0. The highest BCUT2D eigenvalue weighted by molar-refractivity contribution is 5.71. The molecule has 0 bridgehead atoms. The Morgan fingerprint density at radius 2 is 1.71 bits per heavy atom. The van der Waals surface area contributed by atoms with E-state index in [-0.39, 0.29) is 46.5 Å². The first-order valence-electron chi connectivity index (χ1n) is 14.2. The summed E-state index contributed by atoms with van der Waals surface area (Å²) in [6.45, 7) is 13.6. The fourth-order valence-corrected chi connectivity index (χ4v) is 11.0. The first-order chi connectivity index (χ1) is 16.3. The Balaban J connectivity index is 1.63. The molecule has 0 heterocycles. The molecule has 0 aromatic rings. The summed E-state index contributed by atoms with van der Waals surface area (Å²) < 4.78 is 0. The van der Waals surface area contributed by atoms with Crippen LogP contribution in [0.5, 0.6) is 0 Å². The zero-order valence-corrected chi connectivity index (χ0v) is 22.6. The van der Waals surface area contributed by atoms with Gasteiger partial charge in [0.25, 0.3) is 0 Å². The lowest BCUT2D eigenvalue weighted by Crippen LogP contribution is -2.68. The van der Waals surface area contributed by atoms with Gasteiger partial charge in [-0.3, -0.25) is 4.79 Å². The summed E-state index contributed by atoms with van der Waals surface area (Å²) in [5.41, 5.74) is 0.291. The van der Waals surface area contributed by atoms with E-state index in [1.807, 2.05) is 6.92 Å². The molecular weight excluding hydrogens is 440 g/mol. The van der Waals surface area contributed by atoms with E-state index in [9.17, 15) is 25.2 Å². The number of aliphatic hydroxyl groups excluding tert-OH is 3. The SMILES string of the molecule is C[C@@H]1CCC2C(C3=CCC4[C@]5(C)C[C@@H](O)[C@H](O)[C@@](C)(CO)C5CC[C@@]4(C)[C@]3(C)C[C@@H]2C(=O)O)[C@H]1C. The summed E-state index contributed by atoms with van der Waals surface area (Å²) in [7, 11) is 0. The predicted octanol–water partition coefficient (Wildman–Crippen LogP) is 4.89. The van der Waals surface area contributed by atoms with Crippen LogP contribution < -0.4 is 0 Å². The van der Waals surface area contributed by atoms with Crippen LogP contribution in [-0.4, -0.2) is 45.2 Å². The first kappa shape index (κ1) is 25.7. The molecule has 5 rings (SSSR count). The van der Waals surface area contributed by atoms with Crippen molar-refractivity contribution in [3.05, 3.63) is 11.6 Å². The highest BCUT2D eigenvalue weighted by Gasteiger charge is 2.70. The predicted molar refractivity (Wildman–Crippen MR) is 135 cm³/mol. The molecule has 0 aromatic carbocycles. The Morgan fingerprint density at radius 3 is 2.34 bits per heavy atom. The van der Waals surface area contributed by atoms with Crippen LogP contribution in [-0.2, 0) is 4.79 Å². The van der Waals surface area contributed by atoms with Crippen LogP contribution in [0.3, 0.4) is 0 Å². The van der Waals surface area contributed by atoms with Crippen LogP contribution in [0.1, 0.15) is 86.5 Å².